The molecule has 2 heterocycles. The molecule has 1 unspecified atom stereocenters. The van der Waals surface area contributed by atoms with Gasteiger partial charge in [0.25, 0.3) is 0 Å². The van der Waals surface area contributed by atoms with Crippen LogP contribution in [-0.4, -0.2) is 21.4 Å². The van der Waals surface area contributed by atoms with Crippen molar-refractivity contribution < 1.29 is 9.18 Å². The zero-order valence-electron chi connectivity index (χ0n) is 15.2. The van der Waals surface area contributed by atoms with Gasteiger partial charge in [0, 0.05) is 12.6 Å². The van der Waals surface area contributed by atoms with E-state index < -0.39 is 0 Å². The third-order valence-electron chi connectivity index (χ3n) is 4.79. The van der Waals surface area contributed by atoms with E-state index in [9.17, 15) is 9.18 Å². The number of benzene rings is 2. The molecule has 0 bridgehead atoms. The molecule has 4 nitrogen and oxygen atoms in total. The molecule has 0 saturated carbocycles. The monoisotopic (exact) mass is 381 g/mol. The number of rotatable bonds is 3. The molecule has 1 aliphatic rings. The lowest BCUT2D eigenvalue weighted by Crippen LogP contribution is -2.33. The van der Waals surface area contributed by atoms with E-state index in [1.807, 2.05) is 49.2 Å². The lowest BCUT2D eigenvalue weighted by atomic mass is 10.0. The maximum Gasteiger partial charge on any atom is 0.238 e. The van der Waals surface area contributed by atoms with Crippen LogP contribution < -0.4 is 4.90 Å². The summed E-state index contributed by atoms with van der Waals surface area (Å²) in [4.78, 5) is 14.8. The zero-order valence-corrected chi connectivity index (χ0v) is 16.0. The second-order valence-corrected chi connectivity index (χ2v) is 7.75. The number of hydrogen-bond donors (Lipinski definition) is 0. The van der Waals surface area contributed by atoms with Crippen LogP contribution in [-0.2, 0) is 18.4 Å². The molecule has 1 amide bonds. The van der Waals surface area contributed by atoms with Crippen molar-refractivity contribution in [2.24, 2.45) is 7.05 Å². The summed E-state index contributed by atoms with van der Waals surface area (Å²) in [5.41, 5.74) is 3.96. The highest BCUT2D eigenvalue weighted by atomic mass is 32.2. The highest BCUT2D eigenvalue weighted by Crippen LogP contribution is 2.45. The highest BCUT2D eigenvalue weighted by molar-refractivity contribution is 8.00. The maximum atomic E-state index is 13.4. The molecule has 6 heteroatoms. The number of nitrogens with zero attached hydrogens (tertiary/aromatic N) is 3. The van der Waals surface area contributed by atoms with Gasteiger partial charge in [-0.1, -0.05) is 42.5 Å². The average Bonchev–Trinajstić information content (AvgIpc) is 2.86. The Morgan fingerprint density at radius 1 is 1.15 bits per heavy atom. The van der Waals surface area contributed by atoms with Gasteiger partial charge >= 0.3 is 0 Å². The van der Waals surface area contributed by atoms with Crippen molar-refractivity contribution in [1.29, 1.82) is 0 Å². The van der Waals surface area contributed by atoms with Crippen molar-refractivity contribution in [3.8, 4) is 0 Å². The van der Waals surface area contributed by atoms with E-state index in [1.54, 1.807) is 28.6 Å². The average molecular weight is 381 g/mol. The number of carbonyl (C=O) groups excluding carboxylic acids is 1. The van der Waals surface area contributed by atoms with Crippen LogP contribution >= 0.6 is 11.8 Å². The van der Waals surface area contributed by atoms with Crippen LogP contribution in [0.25, 0.3) is 0 Å². The van der Waals surface area contributed by atoms with E-state index in [0.29, 0.717) is 12.3 Å². The van der Waals surface area contributed by atoms with E-state index >= 15 is 0 Å². The molecule has 0 saturated heterocycles. The predicted octanol–water partition coefficient (Wildman–Crippen LogP) is 4.24. The molecule has 27 heavy (non-hydrogen) atoms. The van der Waals surface area contributed by atoms with Gasteiger partial charge in [0.1, 0.15) is 11.6 Å². The van der Waals surface area contributed by atoms with E-state index in [4.69, 9.17) is 0 Å². The molecule has 3 aromatic rings. The standard InChI is InChI=1S/C21H20FN3OS/c1-14-19-20(16-8-10-17(22)11-9-16)27-13-18(26)25(21(19)24(2)23-14)12-15-6-4-3-5-7-15/h3-11,20H,12-13H2,1-2H3. The molecule has 4 rings (SSSR count). The molecule has 2 aromatic carbocycles. The Hall–Kier alpha value is -2.60. The summed E-state index contributed by atoms with van der Waals surface area (Å²) >= 11 is 1.57. The molecule has 0 spiro atoms. The van der Waals surface area contributed by atoms with Gasteiger partial charge in [0.2, 0.25) is 5.91 Å². The second kappa shape index (κ2) is 7.19. The summed E-state index contributed by atoms with van der Waals surface area (Å²) in [5.74, 6) is 0.976. The van der Waals surface area contributed by atoms with E-state index in [1.165, 1.54) is 12.1 Å². The predicted molar refractivity (Wildman–Crippen MR) is 106 cm³/mol. The van der Waals surface area contributed by atoms with Crippen LogP contribution in [0.4, 0.5) is 10.2 Å². The normalized spacial score (nSPS) is 16.9. The number of hydrogen-bond acceptors (Lipinski definition) is 3. The van der Waals surface area contributed by atoms with Gasteiger partial charge in [-0.15, -0.1) is 11.8 Å². The third kappa shape index (κ3) is 3.37. The van der Waals surface area contributed by atoms with Crippen LogP contribution in [0.3, 0.4) is 0 Å². The van der Waals surface area contributed by atoms with Gasteiger partial charge in [-0.3, -0.25) is 14.4 Å². The van der Waals surface area contributed by atoms with Crippen LogP contribution in [0.15, 0.2) is 54.6 Å². The van der Waals surface area contributed by atoms with Crippen molar-refractivity contribution >= 4 is 23.5 Å². The molecule has 138 valence electrons. The topological polar surface area (TPSA) is 38.1 Å². The highest BCUT2D eigenvalue weighted by Gasteiger charge is 2.34. The van der Waals surface area contributed by atoms with Crippen molar-refractivity contribution in [3.05, 3.63) is 82.8 Å². The van der Waals surface area contributed by atoms with Gasteiger partial charge in [0.15, 0.2) is 0 Å². The number of aromatic nitrogens is 2. The quantitative estimate of drug-likeness (QED) is 0.681. The number of thioether (sulfide) groups is 1. The lowest BCUT2D eigenvalue weighted by molar-refractivity contribution is -0.116. The summed E-state index contributed by atoms with van der Waals surface area (Å²) in [6.45, 7) is 2.47. The first kappa shape index (κ1) is 17.8. The minimum absolute atomic E-state index is 0.0534. The summed E-state index contributed by atoms with van der Waals surface area (Å²) in [6.07, 6.45) is 0. The molecular formula is C21H20FN3OS. The van der Waals surface area contributed by atoms with E-state index in [-0.39, 0.29) is 17.0 Å². The fraction of sp³-hybridized carbons (Fsp3) is 0.238. The van der Waals surface area contributed by atoms with Crippen LogP contribution in [0.5, 0.6) is 0 Å². The summed E-state index contributed by atoms with van der Waals surface area (Å²) in [5, 5.41) is 4.53. The number of amides is 1. The third-order valence-corrected chi connectivity index (χ3v) is 6.04. The molecule has 1 aromatic heterocycles. The number of halogens is 1. The van der Waals surface area contributed by atoms with Crippen LogP contribution in [0.2, 0.25) is 0 Å². The first-order valence-corrected chi connectivity index (χ1v) is 9.84. The van der Waals surface area contributed by atoms with Gasteiger partial charge in [0.05, 0.1) is 23.2 Å². The van der Waals surface area contributed by atoms with Gasteiger partial charge < -0.3 is 0 Å². The Morgan fingerprint density at radius 3 is 2.56 bits per heavy atom. The van der Waals surface area contributed by atoms with Gasteiger partial charge in [-0.2, -0.15) is 5.10 Å². The second-order valence-electron chi connectivity index (χ2n) is 6.65. The Morgan fingerprint density at radius 2 is 1.85 bits per heavy atom. The molecule has 0 aliphatic carbocycles. The number of fused-ring (bicyclic) bond motifs is 1. The zero-order chi connectivity index (χ0) is 19.0. The number of anilines is 1. The Balaban J connectivity index is 1.81. The maximum absolute atomic E-state index is 13.4. The van der Waals surface area contributed by atoms with Gasteiger partial charge in [-0.05, 0) is 30.2 Å². The summed E-state index contributed by atoms with van der Waals surface area (Å²) < 4.78 is 15.2. The van der Waals surface area contributed by atoms with E-state index in [0.717, 1.165) is 28.2 Å². The summed E-state index contributed by atoms with van der Waals surface area (Å²) in [7, 11) is 1.87. The molecule has 1 aliphatic heterocycles. The van der Waals surface area contributed by atoms with Crippen LogP contribution in [0, 0.1) is 12.7 Å². The number of aryl methyl sites for hydroxylation is 2. The van der Waals surface area contributed by atoms with Gasteiger partial charge in [-0.25, -0.2) is 4.39 Å². The van der Waals surface area contributed by atoms with Crippen molar-refractivity contribution in [1.82, 2.24) is 9.78 Å². The Kier molecular flexibility index (Phi) is 4.74. The first-order chi connectivity index (χ1) is 13.0. The van der Waals surface area contributed by atoms with Crippen LogP contribution in [0.1, 0.15) is 27.6 Å². The minimum Gasteiger partial charge on any atom is -0.292 e. The largest absolute Gasteiger partial charge is 0.292 e. The summed E-state index contributed by atoms with van der Waals surface area (Å²) in [6, 6.07) is 16.5. The van der Waals surface area contributed by atoms with Crippen molar-refractivity contribution in [2.75, 3.05) is 10.7 Å². The minimum atomic E-state index is -0.262. The smallest absolute Gasteiger partial charge is 0.238 e. The van der Waals surface area contributed by atoms with Crippen molar-refractivity contribution in [2.45, 2.75) is 18.7 Å². The number of carbonyl (C=O) groups is 1. The molecular weight excluding hydrogens is 361 g/mol. The van der Waals surface area contributed by atoms with Crippen molar-refractivity contribution in [3.63, 3.8) is 0 Å². The first-order valence-electron chi connectivity index (χ1n) is 8.79. The fourth-order valence-electron chi connectivity index (χ4n) is 3.55. The Labute approximate surface area is 162 Å². The SMILES string of the molecule is Cc1nn(C)c2c1C(c1ccc(F)cc1)SCC(=O)N2Cc1ccccc1. The molecule has 0 radical (unpaired) electrons. The fourth-order valence-corrected chi connectivity index (χ4v) is 4.81. The molecule has 0 fully saturated rings. The van der Waals surface area contributed by atoms with E-state index in [2.05, 4.69) is 5.10 Å². The lowest BCUT2D eigenvalue weighted by Gasteiger charge is -2.22. The Bertz CT molecular complexity index is 969. The molecule has 1 atom stereocenters. The molecule has 0 N–H and O–H groups in total.